The topological polar surface area (TPSA) is 48.1 Å². The molecule has 2 fully saturated rings. The molecule has 1 N–H and O–H groups in total. The molecule has 1 aromatic rings. The van der Waals surface area contributed by atoms with Crippen LogP contribution < -0.4 is 5.48 Å². The summed E-state index contributed by atoms with van der Waals surface area (Å²) < 4.78 is 0. The van der Waals surface area contributed by atoms with Crippen molar-refractivity contribution < 1.29 is 9.73 Å². The molecular formula is C23H28N4O2. The number of likely N-dealkylation sites (tertiary alicyclic amines) is 2. The largest absolute Gasteiger partial charge is 0.338 e. The van der Waals surface area contributed by atoms with Gasteiger partial charge in [0.25, 0.3) is 0 Å². The number of rotatable bonds is 4. The average molecular weight is 393 g/mol. The van der Waals surface area contributed by atoms with Crippen LogP contribution in [0.1, 0.15) is 42.9 Å². The molecule has 1 amide bonds. The highest BCUT2D eigenvalue weighted by atomic mass is 16.8. The molecule has 4 aliphatic heterocycles. The van der Waals surface area contributed by atoms with Gasteiger partial charge in [-0.05, 0) is 61.2 Å². The van der Waals surface area contributed by atoms with Gasteiger partial charge in [-0.25, -0.2) is 10.5 Å². The van der Waals surface area contributed by atoms with Crippen molar-refractivity contribution in [2.24, 2.45) is 5.92 Å². The minimum absolute atomic E-state index is 0.125. The van der Waals surface area contributed by atoms with Crippen molar-refractivity contribution in [3.8, 4) is 0 Å². The Bertz CT molecular complexity index is 867. The molecule has 0 radical (unpaired) electrons. The highest BCUT2D eigenvalue weighted by Gasteiger charge is 2.38. The van der Waals surface area contributed by atoms with Gasteiger partial charge in [-0.15, -0.1) is 0 Å². The average Bonchev–Trinajstić information content (AvgIpc) is 3.34. The van der Waals surface area contributed by atoms with Crippen LogP contribution in [0, 0.1) is 5.92 Å². The third-order valence-corrected chi connectivity index (χ3v) is 6.53. The van der Waals surface area contributed by atoms with Crippen LogP contribution in [0.5, 0.6) is 0 Å². The lowest BCUT2D eigenvalue weighted by Gasteiger charge is -2.28. The van der Waals surface area contributed by atoms with Crippen LogP contribution in [0.2, 0.25) is 0 Å². The first-order chi connectivity index (χ1) is 14.2. The molecule has 6 nitrogen and oxygen atoms in total. The zero-order chi connectivity index (χ0) is 19.8. The van der Waals surface area contributed by atoms with E-state index >= 15 is 0 Å². The van der Waals surface area contributed by atoms with Crippen LogP contribution in [0.15, 0.2) is 54.5 Å². The molecule has 0 unspecified atom stereocenters. The van der Waals surface area contributed by atoms with Crippen molar-refractivity contribution in [3.05, 3.63) is 65.6 Å². The Morgan fingerprint density at radius 2 is 1.93 bits per heavy atom. The molecule has 2 saturated heterocycles. The number of nitrogens with zero attached hydrogens (tertiary/aromatic N) is 3. The molecule has 0 aliphatic carbocycles. The standard InChI is InChI=1S/C23H28N4O2/c1-25-22(14-20(23(25)28)16-26-10-3-2-4-11-26)18-7-5-17(6-8-18)19-9-12-27-21(13-19)15-24-29-27/h5-9,12-13,15,20,22,24H,2-4,10-11,14,16H2,1H3/t20-,22+/m0/s1. The van der Waals surface area contributed by atoms with E-state index in [4.69, 9.17) is 4.94 Å². The molecule has 0 bridgehead atoms. The summed E-state index contributed by atoms with van der Waals surface area (Å²) in [4.78, 5) is 22.5. The smallest absolute Gasteiger partial charge is 0.227 e. The number of nitrogens with one attached hydrogen (secondary N) is 1. The molecule has 0 saturated carbocycles. The van der Waals surface area contributed by atoms with Crippen molar-refractivity contribution in [2.45, 2.75) is 31.7 Å². The van der Waals surface area contributed by atoms with Crippen molar-refractivity contribution >= 4 is 11.5 Å². The number of hydrogen-bond donors (Lipinski definition) is 1. The fourth-order valence-corrected chi connectivity index (χ4v) is 4.85. The highest BCUT2D eigenvalue weighted by Crippen LogP contribution is 2.36. The van der Waals surface area contributed by atoms with E-state index in [1.54, 1.807) is 5.06 Å². The normalized spacial score (nSPS) is 27.0. The van der Waals surface area contributed by atoms with Gasteiger partial charge in [0.1, 0.15) is 0 Å². The van der Waals surface area contributed by atoms with E-state index in [0.29, 0.717) is 5.91 Å². The van der Waals surface area contributed by atoms with E-state index in [2.05, 4.69) is 40.7 Å². The number of allylic oxidation sites excluding steroid dienone is 3. The third kappa shape index (κ3) is 3.58. The van der Waals surface area contributed by atoms with E-state index < -0.39 is 0 Å². The van der Waals surface area contributed by atoms with E-state index in [1.807, 2.05) is 30.4 Å². The second kappa shape index (κ2) is 7.69. The molecule has 29 heavy (non-hydrogen) atoms. The number of benzene rings is 1. The Morgan fingerprint density at radius 1 is 1.14 bits per heavy atom. The van der Waals surface area contributed by atoms with Crippen LogP contribution in [0.3, 0.4) is 0 Å². The van der Waals surface area contributed by atoms with Crippen LogP contribution in [0.25, 0.3) is 5.57 Å². The Kier molecular flexibility index (Phi) is 4.89. The summed E-state index contributed by atoms with van der Waals surface area (Å²) in [6.45, 7) is 3.20. The zero-order valence-corrected chi connectivity index (χ0v) is 16.9. The predicted octanol–water partition coefficient (Wildman–Crippen LogP) is 3.20. The molecular weight excluding hydrogens is 364 g/mol. The summed E-state index contributed by atoms with van der Waals surface area (Å²) in [7, 11) is 1.96. The minimum atomic E-state index is 0.125. The van der Waals surface area contributed by atoms with Gasteiger partial charge >= 0.3 is 0 Å². The van der Waals surface area contributed by atoms with Gasteiger partial charge in [-0.2, -0.15) is 4.94 Å². The van der Waals surface area contributed by atoms with Crippen molar-refractivity contribution in [1.82, 2.24) is 20.3 Å². The van der Waals surface area contributed by atoms with E-state index in [1.165, 1.54) is 24.8 Å². The van der Waals surface area contributed by atoms with Crippen molar-refractivity contribution in [1.29, 1.82) is 0 Å². The molecule has 0 spiro atoms. The lowest BCUT2D eigenvalue weighted by Crippen LogP contribution is -2.36. The summed E-state index contributed by atoms with van der Waals surface area (Å²) >= 11 is 0. The molecule has 2 atom stereocenters. The first kappa shape index (κ1) is 18.5. The van der Waals surface area contributed by atoms with Crippen LogP contribution >= 0.6 is 0 Å². The Hall–Kier alpha value is -2.57. The summed E-state index contributed by atoms with van der Waals surface area (Å²) in [5.74, 6) is 0.419. The summed E-state index contributed by atoms with van der Waals surface area (Å²) in [6.07, 6.45) is 12.6. The van der Waals surface area contributed by atoms with Gasteiger partial charge < -0.3 is 9.80 Å². The molecule has 0 aromatic heterocycles. The van der Waals surface area contributed by atoms with Gasteiger partial charge in [-0.3, -0.25) is 4.79 Å². The first-order valence-corrected chi connectivity index (χ1v) is 10.6. The number of fused-ring (bicyclic) bond motifs is 1. The van der Waals surface area contributed by atoms with Gasteiger partial charge in [-0.1, -0.05) is 30.7 Å². The van der Waals surface area contributed by atoms with E-state index in [-0.39, 0.29) is 12.0 Å². The fraction of sp³-hybridized carbons (Fsp3) is 0.435. The Labute approximate surface area is 172 Å². The molecule has 1 aromatic carbocycles. The molecule has 5 rings (SSSR count). The maximum atomic E-state index is 12.8. The number of amides is 1. The molecule has 152 valence electrons. The lowest BCUT2D eigenvalue weighted by atomic mass is 9.95. The summed E-state index contributed by atoms with van der Waals surface area (Å²) in [5, 5.41) is 1.69. The minimum Gasteiger partial charge on any atom is -0.338 e. The highest BCUT2D eigenvalue weighted by molar-refractivity contribution is 5.82. The van der Waals surface area contributed by atoms with Crippen molar-refractivity contribution in [3.63, 3.8) is 0 Å². The summed E-state index contributed by atoms with van der Waals surface area (Å²) in [6, 6.07) is 8.83. The first-order valence-electron chi connectivity index (χ1n) is 10.6. The molecule has 6 heteroatoms. The fourth-order valence-electron chi connectivity index (χ4n) is 4.85. The second-order valence-corrected chi connectivity index (χ2v) is 8.40. The third-order valence-electron chi connectivity index (χ3n) is 6.53. The van der Waals surface area contributed by atoms with E-state index in [9.17, 15) is 4.79 Å². The monoisotopic (exact) mass is 392 g/mol. The zero-order valence-electron chi connectivity index (χ0n) is 16.9. The second-order valence-electron chi connectivity index (χ2n) is 8.40. The van der Waals surface area contributed by atoms with Gasteiger partial charge in [0, 0.05) is 19.8 Å². The molecule has 4 heterocycles. The quantitative estimate of drug-likeness (QED) is 0.853. The Morgan fingerprint density at radius 3 is 2.72 bits per heavy atom. The number of hydroxylamine groups is 3. The van der Waals surface area contributed by atoms with Gasteiger partial charge in [0.15, 0.2) is 0 Å². The predicted molar refractivity (Wildman–Crippen MR) is 112 cm³/mol. The van der Waals surface area contributed by atoms with Crippen LogP contribution in [0.4, 0.5) is 0 Å². The number of piperidine rings is 1. The number of carbonyl (C=O) groups excluding carboxylic acids is 1. The van der Waals surface area contributed by atoms with Gasteiger partial charge in [0.2, 0.25) is 5.91 Å². The number of carbonyl (C=O) groups is 1. The van der Waals surface area contributed by atoms with E-state index in [0.717, 1.165) is 42.9 Å². The maximum absolute atomic E-state index is 12.8. The van der Waals surface area contributed by atoms with Gasteiger partial charge in [0.05, 0.1) is 23.9 Å². The maximum Gasteiger partial charge on any atom is 0.227 e. The Balaban J connectivity index is 1.28. The lowest BCUT2D eigenvalue weighted by molar-refractivity contribution is -0.131. The number of hydrogen-bond acceptors (Lipinski definition) is 5. The van der Waals surface area contributed by atoms with Crippen LogP contribution in [-0.2, 0) is 9.73 Å². The summed E-state index contributed by atoms with van der Waals surface area (Å²) in [5.41, 5.74) is 7.26. The molecule has 4 aliphatic rings. The van der Waals surface area contributed by atoms with Crippen LogP contribution in [-0.4, -0.2) is 47.5 Å². The SMILES string of the molecule is CN1C(=O)[C@H](CN2CCCCC2)C[C@@H]1c1ccc(C2=CC3=CNON3C=C2)cc1. The van der Waals surface area contributed by atoms with Crippen molar-refractivity contribution in [2.75, 3.05) is 26.7 Å².